The Morgan fingerprint density at radius 2 is 1.17 bits per heavy atom. The summed E-state index contributed by atoms with van der Waals surface area (Å²) in [7, 11) is -3.90. The standard InChI is InChI=1S/C20H40O.C7H15O4PS.C2H6/c1-3-5-6-7-8-9-10-11-12-13-14-15-16-17-18-19-20(21)4-2;1-6-2-4-7(5-3-6)10-12(8,9)11-13;1-2/h3-19H2,1-2H3;6-7,13H,2-5H2,1H3,(H,8,9);1-2H3. The first-order chi connectivity index (χ1) is 17.3. The predicted molar refractivity (Wildman–Crippen MR) is 159 cm³/mol. The number of phosphoric ester groups is 1. The van der Waals surface area contributed by atoms with E-state index in [-0.39, 0.29) is 6.10 Å². The van der Waals surface area contributed by atoms with E-state index in [1.807, 2.05) is 20.8 Å². The van der Waals surface area contributed by atoms with Gasteiger partial charge in [-0.05, 0) is 50.9 Å². The van der Waals surface area contributed by atoms with Crippen molar-refractivity contribution in [3.63, 3.8) is 0 Å². The third kappa shape index (κ3) is 27.2. The molecule has 0 saturated heterocycles. The van der Waals surface area contributed by atoms with Crippen molar-refractivity contribution < 1.29 is 22.7 Å². The van der Waals surface area contributed by atoms with Crippen LogP contribution in [0.5, 0.6) is 0 Å². The van der Waals surface area contributed by atoms with Gasteiger partial charge in [-0.1, -0.05) is 125 Å². The summed E-state index contributed by atoms with van der Waals surface area (Å²) in [4.78, 5) is 20.1. The highest BCUT2D eigenvalue weighted by atomic mass is 32.1. The molecule has 0 radical (unpaired) electrons. The molecule has 1 aliphatic carbocycles. The van der Waals surface area contributed by atoms with Gasteiger partial charge in [0, 0.05) is 12.8 Å². The molecule has 0 aromatic carbocycles. The monoisotopic (exact) mass is 552 g/mol. The normalized spacial score (nSPS) is 18.9. The van der Waals surface area contributed by atoms with Crippen LogP contribution in [0.4, 0.5) is 0 Å². The highest BCUT2D eigenvalue weighted by Crippen LogP contribution is 2.47. The van der Waals surface area contributed by atoms with E-state index in [1.54, 1.807) is 0 Å². The number of carbonyl (C=O) groups is 1. The molecular weight excluding hydrogens is 491 g/mol. The van der Waals surface area contributed by atoms with E-state index in [0.717, 1.165) is 44.9 Å². The Kier molecular flexibility index (Phi) is 29.9. The predicted octanol–water partition coefficient (Wildman–Crippen LogP) is 10.8. The molecule has 0 spiro atoms. The first-order valence-corrected chi connectivity index (χ1v) is 17.1. The highest BCUT2D eigenvalue weighted by molar-refractivity contribution is 7.80. The molecule has 218 valence electrons. The van der Waals surface area contributed by atoms with Crippen LogP contribution in [0.25, 0.3) is 0 Å². The van der Waals surface area contributed by atoms with Gasteiger partial charge in [-0.15, -0.1) is 0 Å². The van der Waals surface area contributed by atoms with Crippen LogP contribution < -0.4 is 0 Å². The largest absolute Gasteiger partial charge is 0.483 e. The van der Waals surface area contributed by atoms with Crippen molar-refractivity contribution in [2.24, 2.45) is 5.92 Å². The Morgan fingerprint density at radius 3 is 1.53 bits per heavy atom. The number of hydrogen-bond acceptors (Lipinski definition) is 5. The van der Waals surface area contributed by atoms with Gasteiger partial charge in [-0.2, -0.15) is 0 Å². The molecule has 1 aliphatic rings. The van der Waals surface area contributed by atoms with E-state index in [9.17, 15) is 9.36 Å². The van der Waals surface area contributed by atoms with Gasteiger partial charge in [0.15, 0.2) is 0 Å². The first-order valence-electron chi connectivity index (χ1n) is 15.2. The minimum Gasteiger partial charge on any atom is -0.302 e. The third-order valence-corrected chi connectivity index (χ3v) is 8.19. The van der Waals surface area contributed by atoms with Crippen LogP contribution in [0.15, 0.2) is 0 Å². The lowest BCUT2D eigenvalue weighted by Crippen LogP contribution is -2.19. The maximum Gasteiger partial charge on any atom is 0.483 e. The van der Waals surface area contributed by atoms with Crippen LogP contribution in [0.2, 0.25) is 0 Å². The number of ketones is 1. The van der Waals surface area contributed by atoms with Gasteiger partial charge < -0.3 is 4.89 Å². The summed E-state index contributed by atoms with van der Waals surface area (Å²) in [5.41, 5.74) is 0. The van der Waals surface area contributed by atoms with E-state index >= 15 is 0 Å². The molecule has 1 N–H and O–H groups in total. The zero-order valence-electron chi connectivity index (χ0n) is 24.5. The topological polar surface area (TPSA) is 72.8 Å². The smallest absolute Gasteiger partial charge is 0.302 e. The highest BCUT2D eigenvalue weighted by Gasteiger charge is 2.28. The second kappa shape index (κ2) is 28.1. The van der Waals surface area contributed by atoms with Gasteiger partial charge in [-0.3, -0.25) is 9.32 Å². The molecular formula is C29H61O5PS. The second-order valence-corrected chi connectivity index (χ2v) is 11.9. The van der Waals surface area contributed by atoms with Crippen LogP contribution >= 0.6 is 20.7 Å². The number of unbranched alkanes of at least 4 members (excludes halogenated alkanes) is 14. The van der Waals surface area contributed by atoms with Crippen LogP contribution in [-0.2, 0) is 17.9 Å². The molecule has 7 heteroatoms. The lowest BCUT2D eigenvalue weighted by atomic mass is 9.89. The Hall–Kier alpha value is 0.130. The Bertz CT molecular complexity index is 510. The van der Waals surface area contributed by atoms with E-state index in [0.29, 0.717) is 11.7 Å². The maximum absolute atomic E-state index is 11.1. The van der Waals surface area contributed by atoms with Crippen molar-refractivity contribution in [3.8, 4) is 0 Å². The van der Waals surface area contributed by atoms with Gasteiger partial charge in [0.1, 0.15) is 5.78 Å². The van der Waals surface area contributed by atoms with E-state index in [4.69, 9.17) is 9.42 Å². The fourth-order valence-electron chi connectivity index (χ4n) is 4.41. The molecule has 0 aromatic heterocycles. The SMILES string of the molecule is CC.CC1CCC(OP(=O)(O)OS)CC1.CCCCCCCCCCCCCCCCCC(=O)CC. The van der Waals surface area contributed by atoms with Crippen molar-refractivity contribution in [1.82, 2.24) is 0 Å². The Balaban J connectivity index is 0. The number of thiol groups is 1. The Morgan fingerprint density at radius 1 is 0.778 bits per heavy atom. The lowest BCUT2D eigenvalue weighted by molar-refractivity contribution is -0.118. The van der Waals surface area contributed by atoms with Crippen LogP contribution in [-0.4, -0.2) is 16.8 Å². The lowest BCUT2D eigenvalue weighted by Gasteiger charge is -2.26. The molecule has 1 rings (SSSR count). The minimum absolute atomic E-state index is 0.154. The average Bonchev–Trinajstić information content (AvgIpc) is 2.89. The maximum atomic E-state index is 11.1. The van der Waals surface area contributed by atoms with Gasteiger partial charge in [-0.25, -0.2) is 8.54 Å². The molecule has 1 unspecified atom stereocenters. The summed E-state index contributed by atoms with van der Waals surface area (Å²) in [6.45, 7) is 10.4. The first kappa shape index (κ1) is 38.3. The molecule has 0 aliphatic heterocycles. The molecule has 0 amide bonds. The molecule has 1 atom stereocenters. The zero-order valence-corrected chi connectivity index (χ0v) is 26.3. The molecule has 0 bridgehead atoms. The van der Waals surface area contributed by atoms with Crippen molar-refractivity contribution in [1.29, 1.82) is 0 Å². The third-order valence-electron chi connectivity index (χ3n) is 6.80. The summed E-state index contributed by atoms with van der Waals surface area (Å²) in [6, 6.07) is 0. The quantitative estimate of drug-likeness (QED) is 0.0680. The average molecular weight is 553 g/mol. The molecule has 5 nitrogen and oxygen atoms in total. The van der Waals surface area contributed by atoms with Crippen molar-refractivity contribution in [3.05, 3.63) is 0 Å². The second-order valence-electron chi connectivity index (χ2n) is 10.1. The van der Waals surface area contributed by atoms with Crippen LogP contribution in [0.1, 0.15) is 169 Å². The van der Waals surface area contributed by atoms with Gasteiger partial charge in [0.2, 0.25) is 0 Å². The van der Waals surface area contributed by atoms with Gasteiger partial charge in [0.05, 0.1) is 6.10 Å². The molecule has 1 fully saturated rings. The molecule has 0 aromatic rings. The van der Waals surface area contributed by atoms with Gasteiger partial charge in [0.25, 0.3) is 0 Å². The van der Waals surface area contributed by atoms with Crippen LogP contribution in [0, 0.1) is 5.92 Å². The Labute approximate surface area is 230 Å². The number of phosphoric acid groups is 1. The summed E-state index contributed by atoms with van der Waals surface area (Å²) in [6.07, 6.45) is 25.9. The fourth-order valence-corrected chi connectivity index (χ4v) is 5.15. The summed E-state index contributed by atoms with van der Waals surface area (Å²) in [5, 5.41) is 0. The number of Topliss-reactive ketones (excluding diaryl/α,β-unsaturated/α-hetero) is 1. The summed E-state index contributed by atoms with van der Waals surface area (Å²) in [5.74, 6) is 1.12. The van der Waals surface area contributed by atoms with E-state index < -0.39 is 7.82 Å². The van der Waals surface area contributed by atoms with Gasteiger partial charge >= 0.3 is 7.82 Å². The van der Waals surface area contributed by atoms with Crippen LogP contribution in [0.3, 0.4) is 0 Å². The van der Waals surface area contributed by atoms with E-state index in [2.05, 4.69) is 30.7 Å². The molecule has 36 heavy (non-hydrogen) atoms. The number of hydrogen-bond donors (Lipinski definition) is 2. The minimum atomic E-state index is -3.90. The molecule has 0 heterocycles. The molecule has 1 saturated carbocycles. The summed E-state index contributed by atoms with van der Waals surface area (Å²) >= 11 is 3.28. The van der Waals surface area contributed by atoms with Crippen molar-refractivity contribution in [2.45, 2.75) is 176 Å². The number of rotatable bonds is 20. The number of carbonyl (C=O) groups excluding carboxylic acids is 1. The summed E-state index contributed by atoms with van der Waals surface area (Å²) < 4.78 is 19.9. The zero-order chi connectivity index (χ0) is 27.5. The van der Waals surface area contributed by atoms with Crippen molar-refractivity contribution >= 4 is 26.5 Å². The van der Waals surface area contributed by atoms with Crippen molar-refractivity contribution in [2.75, 3.05) is 0 Å². The van der Waals surface area contributed by atoms with E-state index in [1.165, 1.54) is 89.9 Å². The fraction of sp³-hybridized carbons (Fsp3) is 0.966.